The summed E-state index contributed by atoms with van der Waals surface area (Å²) in [5, 5.41) is 1.69. The summed E-state index contributed by atoms with van der Waals surface area (Å²) in [6.07, 6.45) is 6.82. The standard InChI is InChI=1S/C18H26N2O3/c1-2-3-4-5-6-10-13-23-18(22)17-16(21)14-20(19-17)15-11-8-7-9-12-15/h7-9,11-12,17,19H,2-6,10,13-14H2,1H3. The first-order chi connectivity index (χ1) is 11.2. The van der Waals surface area contributed by atoms with Crippen LogP contribution >= 0.6 is 0 Å². The summed E-state index contributed by atoms with van der Waals surface area (Å²) < 4.78 is 5.24. The fraction of sp³-hybridized carbons (Fsp3) is 0.556. The first-order valence-corrected chi connectivity index (χ1v) is 8.50. The van der Waals surface area contributed by atoms with E-state index in [9.17, 15) is 9.59 Å². The number of hydrogen-bond donors (Lipinski definition) is 1. The lowest BCUT2D eigenvalue weighted by Gasteiger charge is -2.18. The lowest BCUT2D eigenvalue weighted by atomic mass is 10.1. The highest BCUT2D eigenvalue weighted by atomic mass is 16.5. The molecule has 23 heavy (non-hydrogen) atoms. The van der Waals surface area contributed by atoms with E-state index in [4.69, 9.17) is 4.74 Å². The minimum absolute atomic E-state index is 0.151. The van der Waals surface area contributed by atoms with Crippen molar-refractivity contribution in [3.8, 4) is 0 Å². The number of carbonyl (C=O) groups is 2. The summed E-state index contributed by atoms with van der Waals surface area (Å²) in [5.74, 6) is -0.621. The maximum Gasteiger partial charge on any atom is 0.332 e. The van der Waals surface area contributed by atoms with Crippen molar-refractivity contribution >= 4 is 17.4 Å². The molecule has 1 aromatic rings. The molecule has 0 aromatic heterocycles. The van der Waals surface area contributed by atoms with Gasteiger partial charge in [0, 0.05) is 0 Å². The summed E-state index contributed by atoms with van der Waals surface area (Å²) in [5.41, 5.74) is 3.80. The Labute approximate surface area is 138 Å². The Morgan fingerprint density at radius 3 is 2.61 bits per heavy atom. The van der Waals surface area contributed by atoms with Gasteiger partial charge in [0.25, 0.3) is 0 Å². The van der Waals surface area contributed by atoms with Gasteiger partial charge in [-0.25, -0.2) is 10.2 Å². The summed E-state index contributed by atoms with van der Waals surface area (Å²) in [7, 11) is 0. The molecule has 0 radical (unpaired) electrons. The fourth-order valence-corrected chi connectivity index (χ4v) is 2.62. The zero-order chi connectivity index (χ0) is 16.5. The van der Waals surface area contributed by atoms with Crippen molar-refractivity contribution in [2.24, 2.45) is 0 Å². The number of hydrazine groups is 1. The smallest absolute Gasteiger partial charge is 0.332 e. The normalized spacial score (nSPS) is 17.5. The number of hydrogen-bond acceptors (Lipinski definition) is 5. The minimum Gasteiger partial charge on any atom is -0.464 e. The molecule has 1 unspecified atom stereocenters. The van der Waals surface area contributed by atoms with Gasteiger partial charge in [0.05, 0.1) is 18.8 Å². The maximum absolute atomic E-state index is 12.0. The Balaban J connectivity index is 1.70. The van der Waals surface area contributed by atoms with Gasteiger partial charge < -0.3 is 4.74 Å². The van der Waals surface area contributed by atoms with Gasteiger partial charge in [-0.05, 0) is 18.6 Å². The van der Waals surface area contributed by atoms with E-state index in [1.165, 1.54) is 25.7 Å². The lowest BCUT2D eigenvalue weighted by Crippen LogP contribution is -2.42. The van der Waals surface area contributed by atoms with E-state index < -0.39 is 12.0 Å². The van der Waals surface area contributed by atoms with Gasteiger partial charge >= 0.3 is 5.97 Å². The molecule has 1 atom stereocenters. The van der Waals surface area contributed by atoms with E-state index in [-0.39, 0.29) is 12.3 Å². The van der Waals surface area contributed by atoms with E-state index in [0.717, 1.165) is 18.5 Å². The average molecular weight is 318 g/mol. The van der Waals surface area contributed by atoms with Gasteiger partial charge in [0.1, 0.15) is 0 Å². The SMILES string of the molecule is CCCCCCCCOC(=O)C1NN(c2ccccc2)CC1=O. The van der Waals surface area contributed by atoms with Crippen molar-refractivity contribution in [1.29, 1.82) is 0 Å². The van der Waals surface area contributed by atoms with Gasteiger partial charge in [-0.15, -0.1) is 0 Å². The molecular formula is C18H26N2O3. The Kier molecular flexibility index (Phi) is 7.07. The number of esters is 1. The number of anilines is 1. The first-order valence-electron chi connectivity index (χ1n) is 8.50. The molecule has 1 aliphatic rings. The number of ether oxygens (including phenoxy) is 1. The van der Waals surface area contributed by atoms with Crippen LogP contribution in [0.1, 0.15) is 45.4 Å². The van der Waals surface area contributed by atoms with Crippen LogP contribution in [-0.4, -0.2) is 30.9 Å². The molecule has 0 bridgehead atoms. The van der Waals surface area contributed by atoms with Crippen molar-refractivity contribution in [2.45, 2.75) is 51.5 Å². The molecule has 126 valence electrons. The lowest BCUT2D eigenvalue weighted by molar-refractivity contribution is -0.147. The van der Waals surface area contributed by atoms with Crippen LogP contribution in [-0.2, 0) is 14.3 Å². The number of nitrogens with one attached hydrogen (secondary N) is 1. The quantitative estimate of drug-likeness (QED) is 0.431. The predicted octanol–water partition coefficient (Wildman–Crippen LogP) is 2.85. The molecule has 5 nitrogen and oxygen atoms in total. The Bertz CT molecular complexity index is 504. The molecule has 2 rings (SSSR count). The average Bonchev–Trinajstić information content (AvgIpc) is 2.96. The van der Waals surface area contributed by atoms with Crippen molar-refractivity contribution in [3.63, 3.8) is 0 Å². The summed E-state index contributed by atoms with van der Waals surface area (Å²) in [6, 6.07) is 8.61. The van der Waals surface area contributed by atoms with E-state index in [1.54, 1.807) is 5.01 Å². The summed E-state index contributed by atoms with van der Waals surface area (Å²) in [4.78, 5) is 24.0. The number of rotatable bonds is 9. The molecule has 1 fully saturated rings. The fourth-order valence-electron chi connectivity index (χ4n) is 2.62. The second-order valence-corrected chi connectivity index (χ2v) is 5.89. The third kappa shape index (κ3) is 5.36. The van der Waals surface area contributed by atoms with Crippen molar-refractivity contribution < 1.29 is 14.3 Å². The van der Waals surface area contributed by atoms with Gasteiger partial charge in [0.15, 0.2) is 11.8 Å². The third-order valence-corrected chi connectivity index (χ3v) is 3.97. The summed E-state index contributed by atoms with van der Waals surface area (Å²) in [6.45, 7) is 2.76. The molecule has 5 heteroatoms. The Morgan fingerprint density at radius 1 is 1.17 bits per heavy atom. The van der Waals surface area contributed by atoms with Gasteiger partial charge in [0.2, 0.25) is 0 Å². The molecule has 1 aromatic carbocycles. The number of Topliss-reactive ketones (excluding diaryl/α,β-unsaturated/α-hetero) is 1. The van der Waals surface area contributed by atoms with Crippen LogP contribution in [0.4, 0.5) is 5.69 Å². The topological polar surface area (TPSA) is 58.6 Å². The number of benzene rings is 1. The van der Waals surface area contributed by atoms with Gasteiger partial charge in [-0.3, -0.25) is 9.80 Å². The number of unbranched alkanes of at least 4 members (excludes halogenated alkanes) is 5. The van der Waals surface area contributed by atoms with Gasteiger partial charge in [-0.2, -0.15) is 0 Å². The molecule has 0 spiro atoms. The second kappa shape index (κ2) is 9.30. The zero-order valence-corrected chi connectivity index (χ0v) is 13.8. The van der Waals surface area contributed by atoms with Crippen LogP contribution in [0.15, 0.2) is 30.3 Å². The molecule has 0 amide bonds. The maximum atomic E-state index is 12.0. The van der Waals surface area contributed by atoms with Crippen LogP contribution < -0.4 is 10.4 Å². The molecule has 0 saturated carbocycles. The molecule has 1 N–H and O–H groups in total. The van der Waals surface area contributed by atoms with E-state index in [1.807, 2.05) is 30.3 Å². The van der Waals surface area contributed by atoms with Crippen LogP contribution in [0, 0.1) is 0 Å². The molecule has 1 heterocycles. The number of para-hydroxylation sites is 1. The first kappa shape index (κ1) is 17.5. The predicted molar refractivity (Wildman–Crippen MR) is 90.1 cm³/mol. The molecule has 1 saturated heterocycles. The minimum atomic E-state index is -0.879. The van der Waals surface area contributed by atoms with Crippen molar-refractivity contribution in [3.05, 3.63) is 30.3 Å². The van der Waals surface area contributed by atoms with E-state index in [2.05, 4.69) is 12.3 Å². The van der Waals surface area contributed by atoms with Crippen LogP contribution in [0.2, 0.25) is 0 Å². The third-order valence-electron chi connectivity index (χ3n) is 3.97. The highest BCUT2D eigenvalue weighted by Gasteiger charge is 2.37. The highest BCUT2D eigenvalue weighted by molar-refractivity contribution is 6.07. The number of nitrogens with zero attached hydrogens (tertiary/aromatic N) is 1. The van der Waals surface area contributed by atoms with Crippen LogP contribution in [0.3, 0.4) is 0 Å². The monoisotopic (exact) mass is 318 g/mol. The van der Waals surface area contributed by atoms with Gasteiger partial charge in [-0.1, -0.05) is 57.2 Å². The highest BCUT2D eigenvalue weighted by Crippen LogP contribution is 2.16. The van der Waals surface area contributed by atoms with Crippen molar-refractivity contribution in [1.82, 2.24) is 5.43 Å². The van der Waals surface area contributed by atoms with Crippen LogP contribution in [0.25, 0.3) is 0 Å². The Hall–Kier alpha value is -1.88. The zero-order valence-electron chi connectivity index (χ0n) is 13.8. The Morgan fingerprint density at radius 2 is 1.87 bits per heavy atom. The molecule has 1 aliphatic heterocycles. The summed E-state index contributed by atoms with van der Waals surface area (Å²) >= 11 is 0. The largest absolute Gasteiger partial charge is 0.464 e. The molecular weight excluding hydrogens is 292 g/mol. The van der Waals surface area contributed by atoms with E-state index in [0.29, 0.717) is 6.61 Å². The molecule has 0 aliphatic carbocycles. The second-order valence-electron chi connectivity index (χ2n) is 5.89. The van der Waals surface area contributed by atoms with Crippen molar-refractivity contribution in [2.75, 3.05) is 18.2 Å². The van der Waals surface area contributed by atoms with Crippen LogP contribution in [0.5, 0.6) is 0 Å². The number of ketones is 1. The number of carbonyl (C=O) groups excluding carboxylic acids is 2. The van der Waals surface area contributed by atoms with E-state index >= 15 is 0 Å².